The van der Waals surface area contributed by atoms with E-state index in [4.69, 9.17) is 4.98 Å². The number of rotatable bonds is 9. The van der Waals surface area contributed by atoms with Gasteiger partial charge in [0, 0.05) is 33.2 Å². The number of aromatic nitrogens is 2. The van der Waals surface area contributed by atoms with E-state index in [9.17, 15) is 9.59 Å². The molecule has 0 atom stereocenters. The average molecular weight is 503 g/mol. The lowest BCUT2D eigenvalue weighted by Gasteiger charge is -2.42. The number of fused-ring (bicyclic) bond motifs is 1. The van der Waals surface area contributed by atoms with E-state index in [1.54, 1.807) is 0 Å². The fraction of sp³-hybridized carbons (Fsp3) is 0.483. The maximum atomic E-state index is 13.8. The molecule has 3 aromatic rings. The van der Waals surface area contributed by atoms with Crippen molar-refractivity contribution >= 4 is 23.0 Å². The van der Waals surface area contributed by atoms with Crippen LogP contribution in [-0.2, 0) is 24.8 Å². The van der Waals surface area contributed by atoms with Gasteiger partial charge in [0.05, 0.1) is 17.6 Å². The standard InChI is InChI=1S/C29H38N6O2/c1-31(2)17-9-18-34-27(36)29(35(28(34)37)19-14-23-10-5-4-6-11-23)15-20-33(21-16-29)22-26-30-24-12-7-8-13-25(24)32(26)3/h4-8,10-13H,9,14-22H2,1-3H3. The van der Waals surface area contributed by atoms with Crippen molar-refractivity contribution in [3.05, 3.63) is 66.0 Å². The fourth-order valence-electron chi connectivity index (χ4n) is 5.82. The van der Waals surface area contributed by atoms with Crippen LogP contribution in [0.1, 0.15) is 30.7 Å². The molecule has 3 heterocycles. The molecule has 2 aliphatic heterocycles. The number of nitrogens with zero attached hydrogens (tertiary/aromatic N) is 6. The van der Waals surface area contributed by atoms with E-state index in [-0.39, 0.29) is 11.9 Å². The normalized spacial score (nSPS) is 18.2. The Labute approximate surface area is 219 Å². The van der Waals surface area contributed by atoms with Crippen molar-refractivity contribution in [3.63, 3.8) is 0 Å². The number of amides is 3. The zero-order valence-corrected chi connectivity index (χ0v) is 22.3. The summed E-state index contributed by atoms with van der Waals surface area (Å²) in [6, 6.07) is 18.3. The summed E-state index contributed by atoms with van der Waals surface area (Å²) >= 11 is 0. The molecule has 5 rings (SSSR count). The number of piperidine rings is 1. The summed E-state index contributed by atoms with van der Waals surface area (Å²) in [5.41, 5.74) is 2.57. The molecule has 0 radical (unpaired) electrons. The number of carbonyl (C=O) groups is 2. The predicted molar refractivity (Wildman–Crippen MR) is 145 cm³/mol. The number of hydrogen-bond acceptors (Lipinski definition) is 5. The van der Waals surface area contributed by atoms with Crippen molar-refractivity contribution in [2.45, 2.75) is 37.8 Å². The van der Waals surface area contributed by atoms with Crippen molar-refractivity contribution in [2.75, 3.05) is 46.8 Å². The molecule has 0 aliphatic carbocycles. The largest absolute Gasteiger partial charge is 0.330 e. The second-order valence-corrected chi connectivity index (χ2v) is 10.7. The van der Waals surface area contributed by atoms with Gasteiger partial charge in [-0.2, -0.15) is 0 Å². The maximum absolute atomic E-state index is 13.8. The van der Waals surface area contributed by atoms with Gasteiger partial charge < -0.3 is 14.4 Å². The third-order valence-electron chi connectivity index (χ3n) is 8.00. The Morgan fingerprint density at radius 2 is 1.65 bits per heavy atom. The van der Waals surface area contributed by atoms with Crippen LogP contribution in [0.4, 0.5) is 4.79 Å². The van der Waals surface area contributed by atoms with Crippen molar-refractivity contribution in [3.8, 4) is 0 Å². The number of hydrogen-bond donors (Lipinski definition) is 0. The smallest absolute Gasteiger partial charge is 0.327 e. The number of para-hydroxylation sites is 2. The van der Waals surface area contributed by atoms with Crippen LogP contribution in [0.5, 0.6) is 0 Å². The minimum atomic E-state index is -0.743. The van der Waals surface area contributed by atoms with Gasteiger partial charge in [0.25, 0.3) is 5.91 Å². The molecule has 3 amide bonds. The molecule has 0 N–H and O–H groups in total. The lowest BCUT2D eigenvalue weighted by molar-refractivity contribution is -0.135. The number of likely N-dealkylation sites (tertiary alicyclic amines) is 1. The van der Waals surface area contributed by atoms with E-state index in [1.807, 2.05) is 55.4 Å². The minimum Gasteiger partial charge on any atom is -0.330 e. The maximum Gasteiger partial charge on any atom is 0.327 e. The second kappa shape index (κ2) is 10.6. The summed E-state index contributed by atoms with van der Waals surface area (Å²) in [4.78, 5) is 40.1. The number of aryl methyl sites for hydroxylation is 1. The minimum absolute atomic E-state index is 0.00769. The van der Waals surface area contributed by atoms with E-state index < -0.39 is 5.54 Å². The number of imide groups is 1. The lowest BCUT2D eigenvalue weighted by Crippen LogP contribution is -2.56. The summed E-state index contributed by atoms with van der Waals surface area (Å²) in [5.74, 6) is 1.02. The molecule has 2 aliphatic rings. The number of benzene rings is 2. The van der Waals surface area contributed by atoms with Crippen LogP contribution in [-0.4, -0.2) is 93.4 Å². The molecule has 0 bridgehead atoms. The highest BCUT2D eigenvalue weighted by atomic mass is 16.2. The zero-order chi connectivity index (χ0) is 26.0. The van der Waals surface area contributed by atoms with Crippen LogP contribution in [0.25, 0.3) is 11.0 Å². The van der Waals surface area contributed by atoms with Crippen molar-refractivity contribution in [1.82, 2.24) is 29.2 Å². The Bertz CT molecular complexity index is 1250. The zero-order valence-electron chi connectivity index (χ0n) is 22.3. The number of carbonyl (C=O) groups excluding carboxylic acids is 2. The molecule has 37 heavy (non-hydrogen) atoms. The van der Waals surface area contributed by atoms with E-state index >= 15 is 0 Å². The Morgan fingerprint density at radius 1 is 0.946 bits per heavy atom. The van der Waals surface area contributed by atoms with Gasteiger partial charge in [-0.3, -0.25) is 14.6 Å². The predicted octanol–water partition coefficient (Wildman–Crippen LogP) is 3.37. The Kier molecular flexibility index (Phi) is 7.31. The monoisotopic (exact) mass is 502 g/mol. The van der Waals surface area contributed by atoms with Gasteiger partial charge in [-0.05, 0) is 64.0 Å². The van der Waals surface area contributed by atoms with Crippen LogP contribution in [0.15, 0.2) is 54.6 Å². The van der Waals surface area contributed by atoms with Crippen molar-refractivity contribution < 1.29 is 9.59 Å². The summed E-state index contributed by atoms with van der Waals surface area (Å²) in [6.07, 6.45) is 2.84. The number of urea groups is 1. The molecule has 0 saturated carbocycles. The topological polar surface area (TPSA) is 64.9 Å². The molecule has 196 valence electrons. The van der Waals surface area contributed by atoms with Crippen LogP contribution in [0, 0.1) is 0 Å². The first-order valence-electron chi connectivity index (χ1n) is 13.3. The molecule has 2 fully saturated rings. The van der Waals surface area contributed by atoms with Crippen LogP contribution in [0.2, 0.25) is 0 Å². The Hall–Kier alpha value is -3.23. The fourth-order valence-corrected chi connectivity index (χ4v) is 5.82. The SMILES string of the molecule is CN(C)CCCN1C(=O)N(CCc2ccccc2)C2(CCN(Cc3nc4ccccc4n3C)CC2)C1=O. The highest BCUT2D eigenvalue weighted by Crippen LogP contribution is 2.38. The Balaban J connectivity index is 1.31. The molecular weight excluding hydrogens is 464 g/mol. The average Bonchev–Trinajstić information content (AvgIpc) is 3.31. The number of imidazole rings is 1. The van der Waals surface area contributed by atoms with Crippen molar-refractivity contribution in [2.24, 2.45) is 7.05 Å². The van der Waals surface area contributed by atoms with Gasteiger partial charge in [0.15, 0.2) is 0 Å². The molecule has 1 aromatic heterocycles. The van der Waals surface area contributed by atoms with Crippen LogP contribution < -0.4 is 0 Å². The molecule has 8 heteroatoms. The van der Waals surface area contributed by atoms with E-state index in [0.29, 0.717) is 25.9 Å². The summed E-state index contributed by atoms with van der Waals surface area (Å²) in [6.45, 7) is 4.14. The van der Waals surface area contributed by atoms with E-state index in [1.165, 1.54) is 10.5 Å². The lowest BCUT2D eigenvalue weighted by atomic mass is 9.85. The van der Waals surface area contributed by atoms with Crippen LogP contribution >= 0.6 is 0 Å². The van der Waals surface area contributed by atoms with Gasteiger partial charge in [0.1, 0.15) is 11.4 Å². The molecule has 2 saturated heterocycles. The van der Waals surface area contributed by atoms with E-state index in [2.05, 4.69) is 39.6 Å². The molecular formula is C29H38N6O2. The third kappa shape index (κ3) is 5.00. The van der Waals surface area contributed by atoms with E-state index in [0.717, 1.165) is 55.9 Å². The van der Waals surface area contributed by atoms with Gasteiger partial charge in [0.2, 0.25) is 0 Å². The summed E-state index contributed by atoms with van der Waals surface area (Å²) in [7, 11) is 6.09. The third-order valence-corrected chi connectivity index (χ3v) is 8.00. The summed E-state index contributed by atoms with van der Waals surface area (Å²) < 4.78 is 2.16. The van der Waals surface area contributed by atoms with Crippen LogP contribution in [0.3, 0.4) is 0 Å². The van der Waals surface area contributed by atoms with Crippen molar-refractivity contribution in [1.29, 1.82) is 0 Å². The molecule has 8 nitrogen and oxygen atoms in total. The summed E-state index contributed by atoms with van der Waals surface area (Å²) in [5, 5.41) is 0. The molecule has 0 unspecified atom stereocenters. The Morgan fingerprint density at radius 3 is 2.35 bits per heavy atom. The van der Waals surface area contributed by atoms with Gasteiger partial charge in [-0.15, -0.1) is 0 Å². The van der Waals surface area contributed by atoms with Gasteiger partial charge in [-0.1, -0.05) is 42.5 Å². The second-order valence-electron chi connectivity index (χ2n) is 10.7. The molecule has 1 spiro atoms. The first kappa shape index (κ1) is 25.4. The quantitative estimate of drug-likeness (QED) is 0.420. The van der Waals surface area contributed by atoms with Gasteiger partial charge in [-0.25, -0.2) is 9.78 Å². The highest BCUT2D eigenvalue weighted by molar-refractivity contribution is 6.07. The first-order chi connectivity index (χ1) is 17.9. The first-order valence-corrected chi connectivity index (χ1v) is 13.3. The van der Waals surface area contributed by atoms with Gasteiger partial charge >= 0.3 is 6.03 Å². The highest BCUT2D eigenvalue weighted by Gasteiger charge is 2.57. The molecule has 2 aromatic carbocycles.